The Bertz CT molecular complexity index is 1020. The molecule has 0 bridgehead atoms. The summed E-state index contributed by atoms with van der Waals surface area (Å²) in [7, 11) is 0. The van der Waals surface area contributed by atoms with Crippen LogP contribution in [0.5, 0.6) is 0 Å². The van der Waals surface area contributed by atoms with E-state index in [1.54, 1.807) is 34.1 Å². The number of aromatic nitrogens is 2. The smallest absolute Gasteiger partial charge is 0.275 e. The van der Waals surface area contributed by atoms with Crippen LogP contribution in [0.15, 0.2) is 42.5 Å². The normalized spacial score (nSPS) is 14.6. The fourth-order valence-corrected chi connectivity index (χ4v) is 3.55. The Morgan fingerprint density at radius 3 is 2.41 bits per heavy atom. The summed E-state index contributed by atoms with van der Waals surface area (Å²) < 4.78 is 0. The summed E-state index contributed by atoms with van der Waals surface area (Å²) in [5.41, 5.74) is 2.92. The van der Waals surface area contributed by atoms with E-state index >= 15 is 0 Å². The lowest BCUT2D eigenvalue weighted by Gasteiger charge is -2.34. The molecule has 1 aliphatic rings. The van der Waals surface area contributed by atoms with E-state index < -0.39 is 0 Å². The molecule has 138 valence electrons. The predicted octanol–water partition coefficient (Wildman–Crippen LogP) is 3.12. The minimum atomic E-state index is -0.110. The van der Waals surface area contributed by atoms with Crippen molar-refractivity contribution >= 4 is 34.3 Å². The number of aromatic amines is 1. The summed E-state index contributed by atoms with van der Waals surface area (Å²) in [6.45, 7) is 3.91. The van der Waals surface area contributed by atoms with Gasteiger partial charge in [-0.25, -0.2) is 0 Å². The summed E-state index contributed by atoms with van der Waals surface area (Å²) in [6, 6.07) is 12.8. The Labute approximate surface area is 161 Å². The summed E-state index contributed by atoms with van der Waals surface area (Å²) in [6.07, 6.45) is 0. The summed E-state index contributed by atoms with van der Waals surface area (Å²) in [5.74, 6) is -0.174. The predicted molar refractivity (Wildman–Crippen MR) is 104 cm³/mol. The van der Waals surface area contributed by atoms with Crippen LogP contribution in [0.2, 0.25) is 5.02 Å². The standard InChI is InChI=1S/C20H19ClN4O2/c1-13-5-6-17-16(11-13)18(23-22-17)20(27)25-9-7-24(8-10-25)19(26)14-3-2-4-15(21)12-14/h2-6,11-12H,7-10H2,1H3,(H,22,23). The largest absolute Gasteiger partial charge is 0.335 e. The number of H-pyrrole nitrogens is 1. The fraction of sp³-hybridized carbons (Fsp3) is 0.250. The van der Waals surface area contributed by atoms with E-state index in [0.717, 1.165) is 16.5 Å². The molecule has 2 amide bonds. The summed E-state index contributed by atoms with van der Waals surface area (Å²) >= 11 is 5.97. The van der Waals surface area contributed by atoms with Crippen molar-refractivity contribution in [2.75, 3.05) is 26.2 Å². The maximum Gasteiger partial charge on any atom is 0.275 e. The van der Waals surface area contributed by atoms with Crippen LogP contribution in [0.25, 0.3) is 10.9 Å². The van der Waals surface area contributed by atoms with E-state index in [2.05, 4.69) is 10.2 Å². The zero-order valence-corrected chi connectivity index (χ0v) is 15.7. The van der Waals surface area contributed by atoms with Crippen LogP contribution in [-0.4, -0.2) is 58.0 Å². The number of halogens is 1. The number of benzene rings is 2. The van der Waals surface area contributed by atoms with Gasteiger partial charge in [-0.05, 0) is 37.3 Å². The first-order chi connectivity index (χ1) is 13.0. The van der Waals surface area contributed by atoms with Crippen molar-refractivity contribution in [3.8, 4) is 0 Å². The molecule has 1 fully saturated rings. The minimum Gasteiger partial charge on any atom is -0.335 e. The van der Waals surface area contributed by atoms with Crippen LogP contribution in [0, 0.1) is 6.92 Å². The third kappa shape index (κ3) is 3.40. The van der Waals surface area contributed by atoms with Crippen LogP contribution in [0.1, 0.15) is 26.4 Å². The van der Waals surface area contributed by atoms with E-state index in [9.17, 15) is 9.59 Å². The van der Waals surface area contributed by atoms with Gasteiger partial charge in [0, 0.05) is 42.2 Å². The number of nitrogens with one attached hydrogen (secondary N) is 1. The first-order valence-corrected chi connectivity index (χ1v) is 9.19. The molecule has 2 aromatic carbocycles. The Hall–Kier alpha value is -2.86. The van der Waals surface area contributed by atoms with Crippen molar-refractivity contribution in [2.24, 2.45) is 0 Å². The molecule has 1 saturated heterocycles. The molecule has 0 atom stereocenters. The lowest BCUT2D eigenvalue weighted by atomic mass is 10.1. The van der Waals surface area contributed by atoms with Crippen LogP contribution in [0.4, 0.5) is 0 Å². The molecule has 3 aromatic rings. The number of hydrogen-bond acceptors (Lipinski definition) is 3. The Balaban J connectivity index is 1.46. The first-order valence-electron chi connectivity index (χ1n) is 8.82. The second-order valence-corrected chi connectivity index (χ2v) is 7.15. The number of nitrogens with zero attached hydrogens (tertiary/aromatic N) is 3. The molecular weight excluding hydrogens is 364 g/mol. The molecule has 6 nitrogen and oxygen atoms in total. The fourth-order valence-electron chi connectivity index (χ4n) is 3.36. The number of rotatable bonds is 2. The third-order valence-corrected chi connectivity index (χ3v) is 5.08. The average Bonchev–Trinajstić information content (AvgIpc) is 3.10. The van der Waals surface area contributed by atoms with Gasteiger partial charge in [0.25, 0.3) is 11.8 Å². The second kappa shape index (κ2) is 7.04. The van der Waals surface area contributed by atoms with E-state index in [1.807, 2.05) is 25.1 Å². The number of piperazine rings is 1. The van der Waals surface area contributed by atoms with Crippen molar-refractivity contribution < 1.29 is 9.59 Å². The molecule has 7 heteroatoms. The van der Waals surface area contributed by atoms with Crippen molar-refractivity contribution in [3.63, 3.8) is 0 Å². The number of aryl methyl sites for hydroxylation is 1. The zero-order valence-electron chi connectivity index (χ0n) is 14.9. The number of carbonyl (C=O) groups is 2. The van der Waals surface area contributed by atoms with E-state index in [0.29, 0.717) is 42.5 Å². The molecule has 1 aliphatic heterocycles. The molecule has 0 radical (unpaired) electrons. The molecule has 0 unspecified atom stereocenters. The van der Waals surface area contributed by atoms with E-state index in [1.165, 1.54) is 0 Å². The highest BCUT2D eigenvalue weighted by atomic mass is 35.5. The molecule has 0 aliphatic carbocycles. The maximum absolute atomic E-state index is 12.9. The number of hydrogen-bond donors (Lipinski definition) is 1. The molecule has 1 aromatic heterocycles. The van der Waals surface area contributed by atoms with E-state index in [-0.39, 0.29) is 11.8 Å². The van der Waals surface area contributed by atoms with Gasteiger partial charge in [0.15, 0.2) is 5.69 Å². The first kappa shape index (κ1) is 17.5. The summed E-state index contributed by atoms with van der Waals surface area (Å²) in [4.78, 5) is 29.0. The third-order valence-electron chi connectivity index (χ3n) is 4.85. The number of fused-ring (bicyclic) bond motifs is 1. The zero-order chi connectivity index (χ0) is 19.0. The number of carbonyl (C=O) groups excluding carboxylic acids is 2. The highest BCUT2D eigenvalue weighted by molar-refractivity contribution is 6.30. The molecule has 4 rings (SSSR count). The van der Waals surface area contributed by atoms with Crippen molar-refractivity contribution in [3.05, 3.63) is 64.3 Å². The maximum atomic E-state index is 12.9. The van der Waals surface area contributed by atoms with Gasteiger partial charge >= 0.3 is 0 Å². The Kier molecular flexibility index (Phi) is 4.58. The lowest BCUT2D eigenvalue weighted by Crippen LogP contribution is -2.50. The average molecular weight is 383 g/mol. The van der Waals surface area contributed by atoms with Crippen molar-refractivity contribution in [1.29, 1.82) is 0 Å². The van der Waals surface area contributed by atoms with Gasteiger partial charge in [-0.3, -0.25) is 14.7 Å². The monoisotopic (exact) mass is 382 g/mol. The second-order valence-electron chi connectivity index (χ2n) is 6.72. The lowest BCUT2D eigenvalue weighted by molar-refractivity contribution is 0.0533. The van der Waals surface area contributed by atoms with Gasteiger partial charge in [-0.15, -0.1) is 0 Å². The van der Waals surface area contributed by atoms with E-state index in [4.69, 9.17) is 11.6 Å². The van der Waals surface area contributed by atoms with Gasteiger partial charge in [0.05, 0.1) is 5.52 Å². The molecule has 2 heterocycles. The topological polar surface area (TPSA) is 69.3 Å². The van der Waals surface area contributed by atoms with Crippen molar-refractivity contribution in [2.45, 2.75) is 6.92 Å². The van der Waals surface area contributed by atoms with Crippen molar-refractivity contribution in [1.82, 2.24) is 20.0 Å². The SMILES string of the molecule is Cc1ccc2[nH]nc(C(=O)N3CCN(C(=O)c4cccc(Cl)c4)CC3)c2c1. The minimum absolute atomic E-state index is 0.0644. The van der Waals surface area contributed by atoms with Crippen LogP contribution in [0.3, 0.4) is 0 Å². The van der Waals surface area contributed by atoms with Gasteiger partial charge in [-0.1, -0.05) is 29.3 Å². The van der Waals surface area contributed by atoms with Crippen LogP contribution in [-0.2, 0) is 0 Å². The Morgan fingerprint density at radius 2 is 1.70 bits per heavy atom. The molecule has 27 heavy (non-hydrogen) atoms. The molecule has 1 N–H and O–H groups in total. The highest BCUT2D eigenvalue weighted by Gasteiger charge is 2.27. The molecule has 0 saturated carbocycles. The van der Waals surface area contributed by atoms with Gasteiger partial charge in [-0.2, -0.15) is 5.10 Å². The van der Waals surface area contributed by atoms with Crippen LogP contribution < -0.4 is 0 Å². The Morgan fingerprint density at radius 1 is 1.00 bits per heavy atom. The molecule has 0 spiro atoms. The summed E-state index contributed by atoms with van der Waals surface area (Å²) in [5, 5.41) is 8.49. The van der Waals surface area contributed by atoms with Gasteiger partial charge < -0.3 is 9.80 Å². The quantitative estimate of drug-likeness (QED) is 0.740. The van der Waals surface area contributed by atoms with Crippen LogP contribution >= 0.6 is 11.6 Å². The molecular formula is C20H19ClN4O2. The number of amides is 2. The highest BCUT2D eigenvalue weighted by Crippen LogP contribution is 2.20. The van der Waals surface area contributed by atoms with Gasteiger partial charge in [0.2, 0.25) is 0 Å². The van der Waals surface area contributed by atoms with Gasteiger partial charge in [0.1, 0.15) is 0 Å².